The van der Waals surface area contributed by atoms with Gasteiger partial charge in [0.05, 0.1) is 0 Å². The minimum Gasteiger partial charge on any atom is -0.489 e. The van der Waals surface area contributed by atoms with Gasteiger partial charge in [0.1, 0.15) is 18.1 Å². The van der Waals surface area contributed by atoms with Crippen LogP contribution in [0, 0.1) is 6.92 Å². The monoisotopic (exact) mass is 311 g/mol. The predicted molar refractivity (Wildman–Crippen MR) is 92.1 cm³/mol. The summed E-state index contributed by atoms with van der Waals surface area (Å²) in [6, 6.07) is 14.8. The Morgan fingerprint density at radius 1 is 1.04 bits per heavy atom. The number of hydrogen-bond donors (Lipinski definition) is 1. The first-order chi connectivity index (χ1) is 11.0. The van der Waals surface area contributed by atoms with E-state index in [1.54, 1.807) is 12.1 Å². The second kappa shape index (κ2) is 8.03. The molecule has 0 spiro atoms. The minimum absolute atomic E-state index is 0.0414. The highest BCUT2D eigenvalue weighted by atomic mass is 16.5. The van der Waals surface area contributed by atoms with Gasteiger partial charge < -0.3 is 14.8 Å². The van der Waals surface area contributed by atoms with Crippen molar-refractivity contribution in [1.29, 1.82) is 0 Å². The first kappa shape index (κ1) is 16.6. The Bertz CT molecular complexity index is 695. The van der Waals surface area contributed by atoms with Crippen LogP contribution in [0.15, 0.2) is 60.7 Å². The molecule has 0 unspecified atom stereocenters. The van der Waals surface area contributed by atoms with Gasteiger partial charge in [-0.2, -0.15) is 0 Å². The first-order valence-corrected chi connectivity index (χ1v) is 7.39. The van der Waals surface area contributed by atoms with Crippen molar-refractivity contribution in [3.05, 3.63) is 66.2 Å². The van der Waals surface area contributed by atoms with Crippen LogP contribution in [0.5, 0.6) is 11.5 Å². The van der Waals surface area contributed by atoms with Crippen LogP contribution >= 0.6 is 0 Å². The van der Waals surface area contributed by atoms with Crippen molar-refractivity contribution in [2.24, 2.45) is 0 Å². The smallest absolute Gasteiger partial charge is 0.262 e. The summed E-state index contributed by atoms with van der Waals surface area (Å²) in [5.41, 5.74) is 2.69. The lowest BCUT2D eigenvalue weighted by atomic mass is 10.2. The van der Waals surface area contributed by atoms with Gasteiger partial charge in [0.15, 0.2) is 6.61 Å². The summed E-state index contributed by atoms with van der Waals surface area (Å²) >= 11 is 0. The highest BCUT2D eigenvalue weighted by molar-refractivity contribution is 5.92. The summed E-state index contributed by atoms with van der Waals surface area (Å²) in [5.74, 6) is 1.15. The Kier molecular flexibility index (Phi) is 5.80. The molecule has 1 N–H and O–H groups in total. The second-order valence-corrected chi connectivity index (χ2v) is 5.43. The number of carbonyl (C=O) groups is 1. The van der Waals surface area contributed by atoms with E-state index in [0.717, 1.165) is 11.1 Å². The van der Waals surface area contributed by atoms with E-state index in [4.69, 9.17) is 9.47 Å². The third-order valence-corrected chi connectivity index (χ3v) is 2.96. The van der Waals surface area contributed by atoms with Gasteiger partial charge in [0.25, 0.3) is 5.91 Å². The van der Waals surface area contributed by atoms with E-state index in [1.165, 1.54) is 0 Å². The fourth-order valence-electron chi connectivity index (χ4n) is 1.92. The zero-order valence-corrected chi connectivity index (χ0v) is 13.5. The molecule has 0 aliphatic heterocycles. The number of aryl methyl sites for hydroxylation is 1. The maximum absolute atomic E-state index is 12.0. The van der Waals surface area contributed by atoms with Crippen molar-refractivity contribution >= 4 is 11.6 Å². The van der Waals surface area contributed by atoms with Crippen molar-refractivity contribution in [2.75, 3.05) is 18.5 Å². The molecule has 0 aliphatic carbocycles. The van der Waals surface area contributed by atoms with E-state index < -0.39 is 0 Å². The maximum atomic E-state index is 12.0. The van der Waals surface area contributed by atoms with Crippen LogP contribution in [0.25, 0.3) is 0 Å². The highest BCUT2D eigenvalue weighted by Crippen LogP contribution is 2.18. The molecular formula is C19H21NO3. The largest absolute Gasteiger partial charge is 0.489 e. The topological polar surface area (TPSA) is 47.6 Å². The SMILES string of the molecule is C=C(C)COc1cccc(NC(=O)COc2cccc(C)c2)c1. The zero-order chi connectivity index (χ0) is 16.7. The molecule has 2 rings (SSSR count). The van der Waals surface area contributed by atoms with Crippen LogP contribution < -0.4 is 14.8 Å². The lowest BCUT2D eigenvalue weighted by Gasteiger charge is -2.10. The van der Waals surface area contributed by atoms with Gasteiger partial charge in [-0.05, 0) is 49.2 Å². The Morgan fingerprint density at radius 2 is 1.70 bits per heavy atom. The van der Waals surface area contributed by atoms with Gasteiger partial charge in [-0.15, -0.1) is 0 Å². The summed E-state index contributed by atoms with van der Waals surface area (Å²) in [4.78, 5) is 12.0. The van der Waals surface area contributed by atoms with E-state index in [0.29, 0.717) is 23.8 Å². The van der Waals surface area contributed by atoms with Crippen LogP contribution in [0.2, 0.25) is 0 Å². The quantitative estimate of drug-likeness (QED) is 0.787. The van der Waals surface area contributed by atoms with Crippen molar-refractivity contribution in [3.8, 4) is 11.5 Å². The molecule has 0 bridgehead atoms. The van der Waals surface area contributed by atoms with Gasteiger partial charge >= 0.3 is 0 Å². The van der Waals surface area contributed by atoms with Crippen LogP contribution in [0.4, 0.5) is 5.69 Å². The molecule has 4 heteroatoms. The number of benzene rings is 2. The Hall–Kier alpha value is -2.75. The van der Waals surface area contributed by atoms with Crippen molar-refractivity contribution in [2.45, 2.75) is 13.8 Å². The summed E-state index contributed by atoms with van der Waals surface area (Å²) in [6.07, 6.45) is 0. The average Bonchev–Trinajstić information content (AvgIpc) is 2.51. The summed E-state index contributed by atoms with van der Waals surface area (Å²) in [7, 11) is 0. The predicted octanol–water partition coefficient (Wildman–Crippen LogP) is 3.97. The average molecular weight is 311 g/mol. The molecule has 0 heterocycles. The fourth-order valence-corrected chi connectivity index (χ4v) is 1.92. The molecule has 0 aliphatic rings. The molecule has 0 atom stereocenters. The summed E-state index contributed by atoms with van der Waals surface area (Å²) in [6.45, 7) is 8.07. The molecule has 2 aromatic rings. The van der Waals surface area contributed by atoms with Crippen molar-refractivity contribution in [1.82, 2.24) is 0 Å². The van der Waals surface area contributed by atoms with E-state index in [2.05, 4.69) is 11.9 Å². The Morgan fingerprint density at radius 3 is 2.39 bits per heavy atom. The molecule has 0 saturated carbocycles. The molecule has 0 radical (unpaired) electrons. The van der Waals surface area contributed by atoms with Crippen LogP contribution in [0.3, 0.4) is 0 Å². The number of carbonyl (C=O) groups excluding carboxylic acids is 1. The Labute approximate surface area is 136 Å². The number of rotatable bonds is 7. The van der Waals surface area contributed by atoms with E-state index in [9.17, 15) is 4.79 Å². The first-order valence-electron chi connectivity index (χ1n) is 7.39. The number of ether oxygens (including phenoxy) is 2. The van der Waals surface area contributed by atoms with E-state index in [-0.39, 0.29) is 12.5 Å². The van der Waals surface area contributed by atoms with E-state index >= 15 is 0 Å². The third-order valence-electron chi connectivity index (χ3n) is 2.96. The van der Waals surface area contributed by atoms with Crippen molar-refractivity contribution in [3.63, 3.8) is 0 Å². The molecule has 23 heavy (non-hydrogen) atoms. The van der Waals surface area contributed by atoms with Crippen LogP contribution in [0.1, 0.15) is 12.5 Å². The second-order valence-electron chi connectivity index (χ2n) is 5.43. The highest BCUT2D eigenvalue weighted by Gasteiger charge is 2.05. The zero-order valence-electron chi connectivity index (χ0n) is 13.5. The summed E-state index contributed by atoms with van der Waals surface area (Å²) in [5, 5.41) is 2.79. The molecule has 120 valence electrons. The molecule has 4 nitrogen and oxygen atoms in total. The maximum Gasteiger partial charge on any atom is 0.262 e. The number of anilines is 1. The van der Waals surface area contributed by atoms with Crippen molar-refractivity contribution < 1.29 is 14.3 Å². The third kappa shape index (κ3) is 5.87. The molecule has 0 aromatic heterocycles. The molecule has 0 fully saturated rings. The van der Waals surface area contributed by atoms with Gasteiger partial charge in [0.2, 0.25) is 0 Å². The standard InChI is InChI=1S/C19H21NO3/c1-14(2)12-22-18-9-5-7-16(11-18)20-19(21)13-23-17-8-4-6-15(3)10-17/h4-11H,1,12-13H2,2-3H3,(H,20,21). The van der Waals surface area contributed by atoms with Gasteiger partial charge in [-0.1, -0.05) is 24.8 Å². The normalized spacial score (nSPS) is 10.0. The molecular weight excluding hydrogens is 290 g/mol. The summed E-state index contributed by atoms with van der Waals surface area (Å²) < 4.78 is 11.0. The van der Waals surface area contributed by atoms with E-state index in [1.807, 2.05) is 50.2 Å². The van der Waals surface area contributed by atoms with Gasteiger partial charge in [-0.3, -0.25) is 4.79 Å². The van der Waals surface area contributed by atoms with Gasteiger partial charge in [0, 0.05) is 11.8 Å². The van der Waals surface area contributed by atoms with Crippen LogP contribution in [-0.4, -0.2) is 19.1 Å². The molecule has 2 aromatic carbocycles. The lowest BCUT2D eigenvalue weighted by molar-refractivity contribution is -0.118. The number of hydrogen-bond acceptors (Lipinski definition) is 3. The molecule has 0 saturated heterocycles. The number of amides is 1. The van der Waals surface area contributed by atoms with Crippen LogP contribution in [-0.2, 0) is 4.79 Å². The fraction of sp³-hybridized carbons (Fsp3) is 0.211. The molecule has 1 amide bonds. The minimum atomic E-state index is -0.219. The number of nitrogens with one attached hydrogen (secondary N) is 1. The van der Waals surface area contributed by atoms with Gasteiger partial charge in [-0.25, -0.2) is 0 Å². The lowest BCUT2D eigenvalue weighted by Crippen LogP contribution is -2.20. The Balaban J connectivity index is 1.87.